The average Bonchev–Trinajstić information content (AvgIpc) is 2.52. The van der Waals surface area contributed by atoms with Gasteiger partial charge in [0.15, 0.2) is 0 Å². The highest BCUT2D eigenvalue weighted by Crippen LogP contribution is 2.31. The molecule has 2 heterocycles. The smallest absolute Gasteiger partial charge is 0.341 e. The minimum atomic E-state index is -1.31. The van der Waals surface area contributed by atoms with E-state index in [4.69, 9.17) is 10.8 Å². The lowest BCUT2D eigenvalue weighted by Crippen LogP contribution is -2.63. The molecule has 7 heteroatoms. The van der Waals surface area contributed by atoms with Gasteiger partial charge in [0.2, 0.25) is 5.43 Å². The first kappa shape index (κ1) is 15.5. The molecule has 0 bridgehead atoms. The first-order valence-electron chi connectivity index (χ1n) is 7.47. The molecule has 1 aliphatic rings. The van der Waals surface area contributed by atoms with Crippen LogP contribution in [0.2, 0.25) is 0 Å². The van der Waals surface area contributed by atoms with Crippen molar-refractivity contribution in [2.45, 2.75) is 32.5 Å². The molecule has 1 aliphatic heterocycles. The molecule has 1 saturated heterocycles. The molecule has 0 spiro atoms. The maximum absolute atomic E-state index is 14.5. The van der Waals surface area contributed by atoms with Crippen molar-refractivity contribution >= 4 is 22.6 Å². The number of nitrogens with two attached hydrogens (primary N) is 1. The number of halogens is 1. The Labute approximate surface area is 131 Å². The standard InChI is InChI=1S/C16H18FN3O3/c1-3-19-6-10(16(22)23)15(21)9-4-11(17)14(5-13(9)19)20-7-12(18)8(20)2/h4-6,8,12H,3,7,18H2,1-2H3,(H,22,23)/t8-,12+/m1/s1. The first-order valence-corrected chi connectivity index (χ1v) is 7.47. The maximum Gasteiger partial charge on any atom is 0.341 e. The number of carboxylic acid groups (broad SMARTS) is 1. The Kier molecular flexibility index (Phi) is 3.60. The second-order valence-electron chi connectivity index (χ2n) is 5.84. The monoisotopic (exact) mass is 319 g/mol. The van der Waals surface area contributed by atoms with Crippen molar-refractivity contribution in [2.24, 2.45) is 5.73 Å². The van der Waals surface area contributed by atoms with E-state index in [1.54, 1.807) is 10.6 Å². The van der Waals surface area contributed by atoms with Crippen molar-refractivity contribution in [1.82, 2.24) is 4.57 Å². The summed E-state index contributed by atoms with van der Waals surface area (Å²) in [6.45, 7) is 4.77. The Balaban J connectivity index is 2.26. The highest BCUT2D eigenvalue weighted by atomic mass is 19.1. The normalized spacial score (nSPS) is 20.6. The van der Waals surface area contributed by atoms with Crippen molar-refractivity contribution in [3.8, 4) is 0 Å². The molecule has 122 valence electrons. The van der Waals surface area contributed by atoms with Crippen LogP contribution in [0.5, 0.6) is 0 Å². The zero-order valence-corrected chi connectivity index (χ0v) is 12.9. The van der Waals surface area contributed by atoms with Gasteiger partial charge in [-0.05, 0) is 26.0 Å². The Bertz CT molecular complexity index is 862. The third-order valence-corrected chi connectivity index (χ3v) is 4.55. The molecule has 0 unspecified atom stereocenters. The Morgan fingerprint density at radius 2 is 2.17 bits per heavy atom. The summed E-state index contributed by atoms with van der Waals surface area (Å²) < 4.78 is 16.1. The van der Waals surface area contributed by atoms with E-state index in [9.17, 15) is 14.0 Å². The van der Waals surface area contributed by atoms with Crippen molar-refractivity contribution in [2.75, 3.05) is 11.4 Å². The molecule has 2 aromatic rings. The van der Waals surface area contributed by atoms with Crippen molar-refractivity contribution < 1.29 is 14.3 Å². The zero-order chi connectivity index (χ0) is 16.9. The minimum Gasteiger partial charge on any atom is -0.477 e. The molecule has 23 heavy (non-hydrogen) atoms. The number of nitrogens with zero attached hydrogens (tertiary/aromatic N) is 2. The van der Waals surface area contributed by atoms with E-state index in [1.165, 1.54) is 6.20 Å². The van der Waals surface area contributed by atoms with Crippen LogP contribution in [0.15, 0.2) is 23.1 Å². The summed E-state index contributed by atoms with van der Waals surface area (Å²) in [4.78, 5) is 25.3. The quantitative estimate of drug-likeness (QED) is 0.892. The Hall–Kier alpha value is -2.41. The van der Waals surface area contributed by atoms with E-state index in [-0.39, 0.29) is 23.0 Å². The summed E-state index contributed by atoms with van der Waals surface area (Å²) >= 11 is 0. The Morgan fingerprint density at radius 1 is 1.48 bits per heavy atom. The molecule has 3 N–H and O–H groups in total. The number of aryl methyl sites for hydroxylation is 1. The topological polar surface area (TPSA) is 88.6 Å². The van der Waals surface area contributed by atoms with E-state index in [0.29, 0.717) is 24.3 Å². The van der Waals surface area contributed by atoms with Crippen molar-refractivity contribution in [3.63, 3.8) is 0 Å². The first-order chi connectivity index (χ1) is 10.8. The fourth-order valence-electron chi connectivity index (χ4n) is 2.99. The second kappa shape index (κ2) is 5.34. The summed E-state index contributed by atoms with van der Waals surface area (Å²) in [5.41, 5.74) is 5.74. The maximum atomic E-state index is 14.5. The number of anilines is 1. The summed E-state index contributed by atoms with van der Waals surface area (Å²) in [5.74, 6) is -1.86. The van der Waals surface area contributed by atoms with Gasteiger partial charge in [0.1, 0.15) is 11.4 Å². The van der Waals surface area contributed by atoms with Gasteiger partial charge in [-0.2, -0.15) is 0 Å². The van der Waals surface area contributed by atoms with E-state index >= 15 is 0 Å². The molecule has 0 amide bonds. The summed E-state index contributed by atoms with van der Waals surface area (Å²) in [5, 5.41) is 9.21. The number of hydrogen-bond acceptors (Lipinski definition) is 4. The third kappa shape index (κ3) is 2.28. The molecule has 1 fully saturated rings. The van der Waals surface area contributed by atoms with Gasteiger partial charge in [0, 0.05) is 36.8 Å². The van der Waals surface area contributed by atoms with Crippen LogP contribution in [0.4, 0.5) is 10.1 Å². The van der Waals surface area contributed by atoms with E-state index in [2.05, 4.69) is 0 Å². The Morgan fingerprint density at radius 3 is 2.70 bits per heavy atom. The fraction of sp³-hybridized carbons (Fsp3) is 0.375. The van der Waals surface area contributed by atoms with Gasteiger partial charge in [-0.1, -0.05) is 0 Å². The highest BCUT2D eigenvalue weighted by molar-refractivity contribution is 5.93. The van der Waals surface area contributed by atoms with Gasteiger partial charge in [-0.3, -0.25) is 4.79 Å². The van der Waals surface area contributed by atoms with Crippen LogP contribution >= 0.6 is 0 Å². The van der Waals surface area contributed by atoms with Crippen LogP contribution in [0.25, 0.3) is 10.9 Å². The van der Waals surface area contributed by atoms with Gasteiger partial charge in [-0.15, -0.1) is 0 Å². The number of rotatable bonds is 3. The third-order valence-electron chi connectivity index (χ3n) is 4.55. The molecule has 0 aliphatic carbocycles. The minimum absolute atomic E-state index is 0.00662. The molecular formula is C16H18FN3O3. The highest BCUT2D eigenvalue weighted by Gasteiger charge is 2.34. The van der Waals surface area contributed by atoms with Crippen LogP contribution in [0, 0.1) is 5.82 Å². The second-order valence-corrected chi connectivity index (χ2v) is 5.84. The van der Waals surface area contributed by atoms with Gasteiger partial charge in [0.05, 0.1) is 11.2 Å². The van der Waals surface area contributed by atoms with Crippen molar-refractivity contribution in [3.05, 3.63) is 39.9 Å². The number of aromatic carboxylic acids is 1. The fourth-order valence-corrected chi connectivity index (χ4v) is 2.99. The molecule has 1 aromatic heterocycles. The molecule has 2 atom stereocenters. The number of carboxylic acids is 1. The van der Waals surface area contributed by atoms with Gasteiger partial charge >= 0.3 is 5.97 Å². The number of carbonyl (C=O) groups is 1. The number of benzene rings is 1. The summed E-state index contributed by atoms with van der Waals surface area (Å²) in [6, 6.07) is 2.74. The SMILES string of the molecule is CCn1cc(C(=O)O)c(=O)c2cc(F)c(N3C[C@H](N)[C@H]3C)cc21. The number of aromatic nitrogens is 1. The number of fused-ring (bicyclic) bond motifs is 1. The van der Waals surface area contributed by atoms with Gasteiger partial charge in [-0.25, -0.2) is 9.18 Å². The van der Waals surface area contributed by atoms with E-state index in [1.807, 2.05) is 18.7 Å². The van der Waals surface area contributed by atoms with Gasteiger partial charge in [0.25, 0.3) is 0 Å². The molecule has 6 nitrogen and oxygen atoms in total. The number of pyridine rings is 1. The van der Waals surface area contributed by atoms with Crippen LogP contribution in [-0.2, 0) is 6.54 Å². The predicted octanol–water partition coefficient (Wildman–Crippen LogP) is 1.39. The molecule has 0 saturated carbocycles. The molecule has 1 aromatic carbocycles. The zero-order valence-electron chi connectivity index (χ0n) is 12.9. The van der Waals surface area contributed by atoms with Crippen LogP contribution in [-0.4, -0.2) is 34.3 Å². The van der Waals surface area contributed by atoms with Crippen LogP contribution in [0.1, 0.15) is 24.2 Å². The molecular weight excluding hydrogens is 301 g/mol. The van der Waals surface area contributed by atoms with E-state index < -0.39 is 17.2 Å². The largest absolute Gasteiger partial charge is 0.477 e. The molecule has 3 rings (SSSR count). The van der Waals surface area contributed by atoms with Crippen LogP contribution < -0.4 is 16.1 Å². The number of hydrogen-bond donors (Lipinski definition) is 2. The van der Waals surface area contributed by atoms with Crippen molar-refractivity contribution in [1.29, 1.82) is 0 Å². The summed E-state index contributed by atoms with van der Waals surface area (Å²) in [7, 11) is 0. The average molecular weight is 319 g/mol. The van der Waals surface area contributed by atoms with Gasteiger partial charge < -0.3 is 20.3 Å². The lowest BCUT2D eigenvalue weighted by atomic mass is 9.97. The lowest BCUT2D eigenvalue weighted by Gasteiger charge is -2.46. The molecule has 0 radical (unpaired) electrons. The lowest BCUT2D eigenvalue weighted by molar-refractivity contribution is 0.0695. The van der Waals surface area contributed by atoms with Crippen LogP contribution in [0.3, 0.4) is 0 Å². The van der Waals surface area contributed by atoms with E-state index in [0.717, 1.165) is 6.07 Å². The summed E-state index contributed by atoms with van der Waals surface area (Å²) in [6.07, 6.45) is 1.31. The predicted molar refractivity (Wildman–Crippen MR) is 85.6 cm³/mol.